The van der Waals surface area contributed by atoms with Gasteiger partial charge in [0.2, 0.25) is 0 Å². The van der Waals surface area contributed by atoms with Crippen LogP contribution >= 0.6 is 22.7 Å². The van der Waals surface area contributed by atoms with Crippen molar-refractivity contribution in [3.8, 4) is 0 Å². The minimum Gasteiger partial charge on any atom is -0.331 e. The Morgan fingerprint density at radius 2 is 2.00 bits per heavy atom. The number of thiazole rings is 2. The summed E-state index contributed by atoms with van der Waals surface area (Å²) in [5.41, 5.74) is 4.47. The van der Waals surface area contributed by atoms with Gasteiger partial charge in [0.1, 0.15) is 0 Å². The van der Waals surface area contributed by atoms with Crippen molar-refractivity contribution in [2.45, 2.75) is 39.7 Å². The van der Waals surface area contributed by atoms with Crippen molar-refractivity contribution in [1.82, 2.24) is 19.9 Å². The van der Waals surface area contributed by atoms with Crippen molar-refractivity contribution >= 4 is 49.6 Å². The molecule has 0 bridgehead atoms. The average Bonchev–Trinajstić information content (AvgIpc) is 3.45. The summed E-state index contributed by atoms with van der Waals surface area (Å²) in [6, 6.07) is 9.85. The molecular formula is C23H23N5OS2. The first-order valence-corrected chi connectivity index (χ1v) is 12.0. The van der Waals surface area contributed by atoms with E-state index in [0.29, 0.717) is 5.56 Å². The van der Waals surface area contributed by atoms with Crippen LogP contribution in [0.2, 0.25) is 0 Å². The number of nitrogens with one attached hydrogen (secondary N) is 1. The molecule has 4 aromatic rings. The maximum Gasteiger partial charge on any atom is 0.254 e. The lowest BCUT2D eigenvalue weighted by Gasteiger charge is -2.25. The number of carbonyl (C=O) groups is 1. The van der Waals surface area contributed by atoms with E-state index >= 15 is 0 Å². The highest BCUT2D eigenvalue weighted by molar-refractivity contribution is 7.18. The zero-order valence-electron chi connectivity index (χ0n) is 17.7. The smallest absolute Gasteiger partial charge is 0.254 e. The van der Waals surface area contributed by atoms with Crippen molar-refractivity contribution in [3.05, 3.63) is 63.4 Å². The number of hydrogen-bond acceptors (Lipinski definition) is 7. The number of fused-ring (bicyclic) bond motifs is 1. The van der Waals surface area contributed by atoms with Gasteiger partial charge in [0.25, 0.3) is 5.91 Å². The van der Waals surface area contributed by atoms with Crippen LogP contribution < -0.4 is 5.32 Å². The zero-order chi connectivity index (χ0) is 21.5. The number of carbonyl (C=O) groups excluding carboxylic acids is 1. The molecule has 31 heavy (non-hydrogen) atoms. The number of amides is 1. The van der Waals surface area contributed by atoms with Crippen LogP contribution in [-0.4, -0.2) is 32.3 Å². The van der Waals surface area contributed by atoms with E-state index in [0.717, 1.165) is 61.7 Å². The van der Waals surface area contributed by atoms with E-state index in [4.69, 9.17) is 4.98 Å². The van der Waals surface area contributed by atoms with Gasteiger partial charge < -0.3 is 10.2 Å². The summed E-state index contributed by atoms with van der Waals surface area (Å²) in [6.45, 7) is 6.76. The molecule has 8 heteroatoms. The van der Waals surface area contributed by atoms with Gasteiger partial charge in [0.15, 0.2) is 5.13 Å². The van der Waals surface area contributed by atoms with E-state index in [1.807, 2.05) is 56.1 Å². The average molecular weight is 450 g/mol. The molecule has 158 valence electrons. The van der Waals surface area contributed by atoms with Gasteiger partial charge in [-0.1, -0.05) is 0 Å². The number of benzene rings is 1. The molecule has 1 fully saturated rings. The highest BCUT2D eigenvalue weighted by Crippen LogP contribution is 2.35. The third kappa shape index (κ3) is 4.05. The van der Waals surface area contributed by atoms with E-state index in [2.05, 4.69) is 21.4 Å². The van der Waals surface area contributed by atoms with Crippen molar-refractivity contribution < 1.29 is 4.79 Å². The zero-order valence-corrected chi connectivity index (χ0v) is 19.3. The standard InChI is InChI=1S/C23H23N5OS2/c1-13-9-17(27-23-24-12-14(2)30-23)11-19(25-13)20-5-4-8-28(20)22(29)16-6-7-18-21(10-16)31-15(3)26-18/h6-7,9-12,20H,4-5,8H2,1-3H3,(H,24,25,27). The fraction of sp³-hybridized carbons (Fsp3) is 0.304. The van der Waals surface area contributed by atoms with Gasteiger partial charge in [0, 0.05) is 34.6 Å². The first-order chi connectivity index (χ1) is 15.0. The Kier molecular flexibility index (Phi) is 5.19. The molecule has 1 amide bonds. The summed E-state index contributed by atoms with van der Waals surface area (Å²) < 4.78 is 1.05. The predicted molar refractivity (Wildman–Crippen MR) is 126 cm³/mol. The SMILES string of the molecule is Cc1cc(Nc2ncc(C)s2)cc(C2CCCN2C(=O)c2ccc3nc(C)sc3c2)n1. The highest BCUT2D eigenvalue weighted by atomic mass is 32.1. The van der Waals surface area contributed by atoms with Gasteiger partial charge in [-0.15, -0.1) is 22.7 Å². The van der Waals surface area contributed by atoms with E-state index in [1.165, 1.54) is 0 Å². The minimum atomic E-state index is -0.0233. The quantitative estimate of drug-likeness (QED) is 0.427. The number of nitrogens with zero attached hydrogens (tertiary/aromatic N) is 4. The molecule has 1 N–H and O–H groups in total. The van der Waals surface area contributed by atoms with Crippen LogP contribution in [0.15, 0.2) is 36.5 Å². The van der Waals surface area contributed by atoms with Gasteiger partial charge in [-0.25, -0.2) is 9.97 Å². The first kappa shape index (κ1) is 20.1. The first-order valence-electron chi connectivity index (χ1n) is 10.3. The molecule has 1 aliphatic rings. The molecule has 1 aliphatic heterocycles. The second-order valence-corrected chi connectivity index (χ2v) is 10.4. The summed E-state index contributed by atoms with van der Waals surface area (Å²) in [5.74, 6) is 0.0591. The fourth-order valence-electron chi connectivity index (χ4n) is 4.13. The second kappa shape index (κ2) is 8.01. The van der Waals surface area contributed by atoms with Gasteiger partial charge >= 0.3 is 0 Å². The van der Waals surface area contributed by atoms with Crippen LogP contribution in [0.1, 0.15) is 50.5 Å². The van der Waals surface area contributed by atoms with Crippen molar-refractivity contribution in [2.24, 2.45) is 0 Å². The van der Waals surface area contributed by atoms with Crippen LogP contribution in [0.25, 0.3) is 10.2 Å². The Bertz CT molecular complexity index is 1280. The molecule has 1 saturated heterocycles. The van der Waals surface area contributed by atoms with Crippen LogP contribution in [0, 0.1) is 20.8 Å². The molecular weight excluding hydrogens is 426 g/mol. The number of rotatable bonds is 4. The van der Waals surface area contributed by atoms with Gasteiger partial charge in [-0.3, -0.25) is 9.78 Å². The third-order valence-electron chi connectivity index (χ3n) is 5.44. The predicted octanol–water partition coefficient (Wildman–Crippen LogP) is 5.79. The Morgan fingerprint density at radius 1 is 1.13 bits per heavy atom. The Morgan fingerprint density at radius 3 is 2.81 bits per heavy atom. The lowest BCUT2D eigenvalue weighted by atomic mass is 10.1. The monoisotopic (exact) mass is 449 g/mol. The summed E-state index contributed by atoms with van der Waals surface area (Å²) >= 11 is 3.24. The molecule has 0 spiro atoms. The number of likely N-dealkylation sites (tertiary alicyclic amines) is 1. The fourth-order valence-corrected chi connectivity index (χ4v) is 5.68. The van der Waals surface area contributed by atoms with E-state index in [-0.39, 0.29) is 11.9 Å². The second-order valence-electron chi connectivity index (χ2n) is 7.90. The largest absolute Gasteiger partial charge is 0.331 e. The molecule has 4 heterocycles. The van der Waals surface area contributed by atoms with Gasteiger partial charge in [-0.2, -0.15) is 0 Å². The van der Waals surface area contributed by atoms with E-state index in [1.54, 1.807) is 22.7 Å². The number of aromatic nitrogens is 3. The van der Waals surface area contributed by atoms with Crippen LogP contribution in [0.3, 0.4) is 0 Å². The van der Waals surface area contributed by atoms with Crippen LogP contribution in [0.4, 0.5) is 10.8 Å². The molecule has 3 aromatic heterocycles. The summed E-state index contributed by atoms with van der Waals surface area (Å²) in [5, 5.41) is 5.26. The van der Waals surface area contributed by atoms with Crippen LogP contribution in [-0.2, 0) is 0 Å². The topological polar surface area (TPSA) is 71.0 Å². The summed E-state index contributed by atoms with van der Waals surface area (Å²) in [4.78, 5) is 30.2. The maximum atomic E-state index is 13.4. The lowest BCUT2D eigenvalue weighted by Crippen LogP contribution is -2.31. The van der Waals surface area contributed by atoms with Crippen LogP contribution in [0.5, 0.6) is 0 Å². The molecule has 1 aromatic carbocycles. The Balaban J connectivity index is 1.43. The normalized spacial score (nSPS) is 16.2. The summed E-state index contributed by atoms with van der Waals surface area (Å²) in [6.07, 6.45) is 3.75. The molecule has 0 radical (unpaired) electrons. The highest BCUT2D eigenvalue weighted by Gasteiger charge is 2.32. The van der Waals surface area contributed by atoms with E-state index < -0.39 is 0 Å². The van der Waals surface area contributed by atoms with Crippen molar-refractivity contribution in [2.75, 3.05) is 11.9 Å². The molecule has 1 unspecified atom stereocenters. The minimum absolute atomic E-state index is 0.0233. The lowest BCUT2D eigenvalue weighted by molar-refractivity contribution is 0.0733. The Labute approximate surface area is 189 Å². The third-order valence-corrected chi connectivity index (χ3v) is 7.20. The van der Waals surface area contributed by atoms with Crippen molar-refractivity contribution in [1.29, 1.82) is 0 Å². The van der Waals surface area contributed by atoms with E-state index in [9.17, 15) is 4.79 Å². The number of anilines is 2. The molecule has 5 rings (SSSR count). The maximum absolute atomic E-state index is 13.4. The number of hydrogen-bond donors (Lipinski definition) is 1. The molecule has 1 atom stereocenters. The van der Waals surface area contributed by atoms with Gasteiger partial charge in [0.05, 0.1) is 27.0 Å². The van der Waals surface area contributed by atoms with Crippen molar-refractivity contribution in [3.63, 3.8) is 0 Å². The van der Waals surface area contributed by atoms with Gasteiger partial charge in [-0.05, 0) is 63.9 Å². The number of aryl methyl sites for hydroxylation is 3. The number of pyridine rings is 1. The molecule has 0 saturated carbocycles. The molecule has 6 nitrogen and oxygen atoms in total. The Hall–Kier alpha value is -2.84. The summed E-state index contributed by atoms with van der Waals surface area (Å²) in [7, 11) is 0. The molecule has 0 aliphatic carbocycles.